The van der Waals surface area contributed by atoms with E-state index in [-0.39, 0.29) is 17.0 Å². The van der Waals surface area contributed by atoms with Crippen LogP contribution in [0.5, 0.6) is 5.75 Å². The van der Waals surface area contributed by atoms with Crippen LogP contribution in [0.1, 0.15) is 21.7 Å². The van der Waals surface area contributed by atoms with Gasteiger partial charge >= 0.3 is 0 Å². The summed E-state index contributed by atoms with van der Waals surface area (Å²) in [7, 11) is 0. The van der Waals surface area contributed by atoms with E-state index in [1.807, 2.05) is 0 Å². The summed E-state index contributed by atoms with van der Waals surface area (Å²) in [6.45, 7) is 1.77. The van der Waals surface area contributed by atoms with Crippen molar-refractivity contribution in [1.29, 1.82) is 0 Å². The highest BCUT2D eigenvalue weighted by atomic mass is 16.6. The Bertz CT molecular complexity index is 1040. The van der Waals surface area contributed by atoms with Gasteiger partial charge < -0.3 is 9.52 Å². The van der Waals surface area contributed by atoms with E-state index in [2.05, 4.69) is 10.5 Å². The summed E-state index contributed by atoms with van der Waals surface area (Å²) in [4.78, 5) is 22.7. The van der Waals surface area contributed by atoms with Gasteiger partial charge in [-0.1, -0.05) is 18.2 Å². The van der Waals surface area contributed by atoms with E-state index in [4.69, 9.17) is 4.42 Å². The number of aryl methyl sites for hydroxylation is 1. The van der Waals surface area contributed by atoms with Crippen LogP contribution in [-0.2, 0) is 0 Å². The van der Waals surface area contributed by atoms with Crippen LogP contribution in [0.15, 0.2) is 64.1 Å². The molecule has 3 rings (SSSR count). The van der Waals surface area contributed by atoms with E-state index in [1.54, 1.807) is 43.3 Å². The maximum Gasteiger partial charge on any atom is 0.280 e. The van der Waals surface area contributed by atoms with E-state index in [1.165, 1.54) is 24.4 Å². The van der Waals surface area contributed by atoms with Crippen LogP contribution in [0, 0.1) is 17.0 Å². The fourth-order valence-corrected chi connectivity index (χ4v) is 2.45. The van der Waals surface area contributed by atoms with Crippen LogP contribution >= 0.6 is 0 Å². The van der Waals surface area contributed by atoms with E-state index < -0.39 is 10.8 Å². The highest BCUT2D eigenvalue weighted by molar-refractivity contribution is 5.97. The maximum absolute atomic E-state index is 11.9. The van der Waals surface area contributed by atoms with Gasteiger partial charge in [-0.25, -0.2) is 5.43 Å². The molecular formula is C19H15N3O5. The van der Waals surface area contributed by atoms with Crippen LogP contribution in [0.25, 0.3) is 11.3 Å². The number of aromatic hydroxyl groups is 1. The third kappa shape index (κ3) is 4.01. The largest absolute Gasteiger partial charge is 0.507 e. The second kappa shape index (κ2) is 7.52. The average Bonchev–Trinajstić information content (AvgIpc) is 3.10. The van der Waals surface area contributed by atoms with Gasteiger partial charge in [0, 0.05) is 6.07 Å². The Morgan fingerprint density at radius 1 is 1.22 bits per heavy atom. The molecule has 0 saturated heterocycles. The van der Waals surface area contributed by atoms with Crippen LogP contribution in [0.2, 0.25) is 0 Å². The minimum Gasteiger partial charge on any atom is -0.507 e. The number of nitrogens with one attached hydrogen (secondary N) is 1. The van der Waals surface area contributed by atoms with Crippen molar-refractivity contribution < 1.29 is 19.2 Å². The second-order valence-electron chi connectivity index (χ2n) is 5.70. The molecule has 0 atom stereocenters. The van der Waals surface area contributed by atoms with Gasteiger partial charge in [0.2, 0.25) is 0 Å². The van der Waals surface area contributed by atoms with Gasteiger partial charge in [0.15, 0.2) is 0 Å². The van der Waals surface area contributed by atoms with Crippen molar-refractivity contribution in [2.45, 2.75) is 6.92 Å². The predicted octanol–water partition coefficient (Wildman–Crippen LogP) is 3.63. The molecule has 0 aliphatic carbocycles. The Morgan fingerprint density at radius 2 is 2.00 bits per heavy atom. The summed E-state index contributed by atoms with van der Waals surface area (Å²) >= 11 is 0. The monoisotopic (exact) mass is 365 g/mol. The van der Waals surface area contributed by atoms with Crippen molar-refractivity contribution >= 4 is 17.8 Å². The number of nitro groups is 1. The number of phenolic OH excluding ortho intramolecular Hbond substituents is 1. The first-order chi connectivity index (χ1) is 13.0. The van der Waals surface area contributed by atoms with Crippen LogP contribution in [0.4, 0.5) is 5.69 Å². The Labute approximate surface area is 153 Å². The third-order valence-corrected chi connectivity index (χ3v) is 3.75. The van der Waals surface area contributed by atoms with Gasteiger partial charge in [-0.05, 0) is 42.8 Å². The number of hydrogen-bond acceptors (Lipinski definition) is 6. The molecule has 0 spiro atoms. The molecule has 0 saturated carbocycles. The number of carbonyl (C=O) groups excluding carboxylic acids is 1. The molecule has 1 amide bonds. The van der Waals surface area contributed by atoms with Gasteiger partial charge in [0.25, 0.3) is 11.6 Å². The molecule has 0 aliphatic rings. The van der Waals surface area contributed by atoms with Gasteiger partial charge in [-0.3, -0.25) is 14.9 Å². The van der Waals surface area contributed by atoms with Crippen molar-refractivity contribution in [2.24, 2.45) is 5.10 Å². The lowest BCUT2D eigenvalue weighted by molar-refractivity contribution is -0.384. The summed E-state index contributed by atoms with van der Waals surface area (Å²) in [5.41, 5.74) is 3.43. The molecule has 2 aromatic carbocycles. The fourth-order valence-electron chi connectivity index (χ4n) is 2.45. The number of para-hydroxylation sites is 1. The zero-order chi connectivity index (χ0) is 19.4. The number of benzene rings is 2. The Morgan fingerprint density at radius 3 is 2.74 bits per heavy atom. The molecule has 1 aromatic heterocycles. The number of nitrogens with zero attached hydrogens (tertiary/aromatic N) is 2. The number of phenols is 1. The van der Waals surface area contributed by atoms with E-state index in [9.17, 15) is 20.0 Å². The zero-order valence-corrected chi connectivity index (χ0v) is 14.2. The predicted molar refractivity (Wildman–Crippen MR) is 98.7 cm³/mol. The SMILES string of the molecule is Cc1ccc(-c2ccc(/C=N/NC(=O)c3ccccc3O)o2)c([N+](=O)[O-])c1. The smallest absolute Gasteiger partial charge is 0.280 e. The van der Waals surface area contributed by atoms with Crippen LogP contribution in [0.3, 0.4) is 0 Å². The first kappa shape index (κ1) is 17.9. The first-order valence-electron chi connectivity index (χ1n) is 7.92. The van der Waals surface area contributed by atoms with Crippen molar-refractivity contribution in [3.63, 3.8) is 0 Å². The Balaban J connectivity index is 1.75. The highest BCUT2D eigenvalue weighted by Crippen LogP contribution is 2.31. The summed E-state index contributed by atoms with van der Waals surface area (Å²) in [6, 6.07) is 14.1. The van der Waals surface area contributed by atoms with E-state index in [0.29, 0.717) is 17.1 Å². The van der Waals surface area contributed by atoms with Crippen molar-refractivity contribution in [3.05, 3.63) is 81.6 Å². The van der Waals surface area contributed by atoms with Gasteiger partial charge in [-0.15, -0.1) is 0 Å². The molecule has 8 nitrogen and oxygen atoms in total. The van der Waals surface area contributed by atoms with Gasteiger partial charge in [-0.2, -0.15) is 5.10 Å². The number of rotatable bonds is 5. The number of carbonyl (C=O) groups is 1. The second-order valence-corrected chi connectivity index (χ2v) is 5.70. The number of hydrazone groups is 1. The van der Waals surface area contributed by atoms with Crippen LogP contribution < -0.4 is 5.43 Å². The Kier molecular flexibility index (Phi) is 4.98. The number of hydrogen-bond donors (Lipinski definition) is 2. The molecule has 0 unspecified atom stereocenters. The number of amides is 1. The van der Waals surface area contributed by atoms with Crippen molar-refractivity contribution in [2.75, 3.05) is 0 Å². The third-order valence-electron chi connectivity index (χ3n) is 3.75. The molecule has 0 aliphatic heterocycles. The lowest BCUT2D eigenvalue weighted by Gasteiger charge is -2.01. The van der Waals surface area contributed by atoms with E-state index >= 15 is 0 Å². The van der Waals surface area contributed by atoms with Gasteiger partial charge in [0.05, 0.1) is 22.3 Å². The normalized spacial score (nSPS) is 10.9. The maximum atomic E-state index is 11.9. The topological polar surface area (TPSA) is 118 Å². The lowest BCUT2D eigenvalue weighted by Crippen LogP contribution is -2.17. The molecule has 27 heavy (non-hydrogen) atoms. The molecule has 136 valence electrons. The summed E-state index contributed by atoms with van der Waals surface area (Å²) in [6.07, 6.45) is 1.27. The molecular weight excluding hydrogens is 350 g/mol. The molecule has 8 heteroatoms. The first-order valence-corrected chi connectivity index (χ1v) is 7.92. The minimum absolute atomic E-state index is 0.0549. The van der Waals surface area contributed by atoms with Gasteiger partial charge in [0.1, 0.15) is 17.3 Å². The quantitative estimate of drug-likeness (QED) is 0.407. The van der Waals surface area contributed by atoms with Crippen molar-refractivity contribution in [1.82, 2.24) is 5.43 Å². The molecule has 2 N–H and O–H groups in total. The standard InChI is InChI=1S/C19H15N3O5/c1-12-6-8-14(16(10-12)22(25)26)18-9-7-13(27-18)11-20-21-19(24)15-4-2-3-5-17(15)23/h2-11,23H,1H3,(H,21,24)/b20-11+. The Hall–Kier alpha value is -3.94. The summed E-state index contributed by atoms with van der Waals surface area (Å²) < 4.78 is 5.56. The highest BCUT2D eigenvalue weighted by Gasteiger charge is 2.18. The van der Waals surface area contributed by atoms with Crippen molar-refractivity contribution in [3.8, 4) is 17.1 Å². The minimum atomic E-state index is -0.578. The zero-order valence-electron chi connectivity index (χ0n) is 14.2. The molecule has 1 heterocycles. The van der Waals surface area contributed by atoms with Crippen LogP contribution in [-0.4, -0.2) is 22.2 Å². The lowest BCUT2D eigenvalue weighted by atomic mass is 10.1. The molecule has 0 bridgehead atoms. The molecule has 0 radical (unpaired) electrons. The average molecular weight is 365 g/mol. The fraction of sp³-hybridized carbons (Fsp3) is 0.0526. The van der Waals surface area contributed by atoms with E-state index in [0.717, 1.165) is 5.56 Å². The summed E-state index contributed by atoms with van der Waals surface area (Å²) in [5, 5.41) is 24.6. The summed E-state index contributed by atoms with van der Waals surface area (Å²) in [5.74, 6) is -0.116. The number of furan rings is 1. The molecule has 0 fully saturated rings. The molecule has 3 aromatic rings. The number of nitro benzene ring substituents is 1.